The van der Waals surface area contributed by atoms with Gasteiger partial charge in [-0.3, -0.25) is 4.79 Å². The molecule has 3 saturated heterocycles. The van der Waals surface area contributed by atoms with Crippen LogP contribution in [0, 0.1) is 5.92 Å². The number of fused-ring (bicyclic) bond motifs is 2. The number of nitrogens with zero attached hydrogens (tertiary/aromatic N) is 3. The van der Waals surface area contributed by atoms with Gasteiger partial charge in [-0.25, -0.2) is 0 Å². The molecular weight excluding hydrogens is 388 g/mol. The fourth-order valence-electron chi connectivity index (χ4n) is 5.27. The van der Waals surface area contributed by atoms with Crippen molar-refractivity contribution in [2.75, 3.05) is 6.54 Å². The van der Waals surface area contributed by atoms with Crippen molar-refractivity contribution in [1.82, 2.24) is 20.4 Å². The van der Waals surface area contributed by atoms with Crippen LogP contribution in [-0.2, 0) is 4.79 Å². The normalized spacial score (nSPS) is 28.8. The van der Waals surface area contributed by atoms with Gasteiger partial charge in [0.15, 0.2) is 0 Å². The van der Waals surface area contributed by atoms with Crippen LogP contribution in [0.4, 0.5) is 0 Å². The Labute approximate surface area is 177 Å². The second kappa shape index (κ2) is 8.84. The van der Waals surface area contributed by atoms with Crippen LogP contribution in [-0.4, -0.2) is 39.6 Å². The molecule has 3 atom stereocenters. The second-order valence-corrected chi connectivity index (χ2v) is 8.60. The fraction of sp³-hybridized carbons (Fsp3) is 0.591. The lowest BCUT2D eigenvalue weighted by atomic mass is 9.88. The quantitative estimate of drug-likeness (QED) is 0.811. The number of hydrogen-bond donors (Lipinski definition) is 1. The maximum absolute atomic E-state index is 13.2. The largest absolute Gasteiger partial charge is 0.337 e. The average molecular weight is 417 g/mol. The summed E-state index contributed by atoms with van der Waals surface area (Å²) in [6.07, 6.45) is 8.52. The number of carbonyl (C=O) groups is 1. The molecule has 2 aromatic rings. The molecule has 1 aromatic heterocycles. The summed E-state index contributed by atoms with van der Waals surface area (Å²) in [6, 6.07) is 11.0. The van der Waals surface area contributed by atoms with Gasteiger partial charge in [-0.1, -0.05) is 35.5 Å². The Bertz CT molecular complexity index is 815. The Morgan fingerprint density at radius 3 is 2.62 bits per heavy atom. The van der Waals surface area contributed by atoms with Gasteiger partial charge in [-0.15, -0.1) is 12.4 Å². The number of rotatable bonds is 4. The molecule has 0 saturated carbocycles. The molecule has 0 radical (unpaired) electrons. The Balaban J connectivity index is 0.00000205. The number of hydrogen-bond acceptors (Lipinski definition) is 5. The molecule has 1 amide bonds. The molecule has 29 heavy (non-hydrogen) atoms. The summed E-state index contributed by atoms with van der Waals surface area (Å²) in [6.45, 7) is 0.796. The topological polar surface area (TPSA) is 71.3 Å². The van der Waals surface area contributed by atoms with E-state index >= 15 is 0 Å². The van der Waals surface area contributed by atoms with Crippen LogP contribution in [0.1, 0.15) is 63.3 Å². The average Bonchev–Trinajstić information content (AvgIpc) is 3.35. The van der Waals surface area contributed by atoms with Crippen molar-refractivity contribution in [3.8, 4) is 11.4 Å². The van der Waals surface area contributed by atoms with Crippen LogP contribution >= 0.6 is 12.4 Å². The zero-order chi connectivity index (χ0) is 18.9. The fourth-order valence-corrected chi connectivity index (χ4v) is 5.27. The van der Waals surface area contributed by atoms with Crippen LogP contribution in [0.3, 0.4) is 0 Å². The van der Waals surface area contributed by atoms with E-state index in [1.54, 1.807) is 0 Å². The van der Waals surface area contributed by atoms with Crippen molar-refractivity contribution < 1.29 is 9.32 Å². The number of aromatic nitrogens is 2. The molecule has 1 N–H and O–H groups in total. The molecule has 1 aromatic carbocycles. The number of piperidine rings is 2. The number of likely N-dealkylation sites (tertiary alicyclic amines) is 1. The molecule has 0 spiro atoms. The molecule has 5 rings (SSSR count). The van der Waals surface area contributed by atoms with Crippen molar-refractivity contribution in [3.63, 3.8) is 0 Å². The molecule has 7 heteroatoms. The van der Waals surface area contributed by atoms with Crippen LogP contribution in [0.5, 0.6) is 0 Å². The first-order chi connectivity index (χ1) is 13.8. The lowest BCUT2D eigenvalue weighted by Gasteiger charge is -2.36. The van der Waals surface area contributed by atoms with E-state index in [1.807, 2.05) is 35.2 Å². The summed E-state index contributed by atoms with van der Waals surface area (Å²) >= 11 is 0. The van der Waals surface area contributed by atoms with E-state index in [0.29, 0.717) is 36.1 Å². The van der Waals surface area contributed by atoms with Gasteiger partial charge in [-0.05, 0) is 50.9 Å². The molecule has 4 heterocycles. The van der Waals surface area contributed by atoms with Crippen molar-refractivity contribution >= 4 is 18.3 Å². The molecule has 3 aliphatic heterocycles. The predicted octanol–water partition coefficient (Wildman–Crippen LogP) is 4.13. The van der Waals surface area contributed by atoms with Gasteiger partial charge >= 0.3 is 0 Å². The Kier molecular flexibility index (Phi) is 6.20. The SMILES string of the molecule is Cl.O=C(CC1CC2CCC(C1)N2)N1CCCCC1c1nc(-c2ccccc2)no1. The highest BCUT2D eigenvalue weighted by atomic mass is 35.5. The highest BCUT2D eigenvalue weighted by Gasteiger charge is 2.37. The summed E-state index contributed by atoms with van der Waals surface area (Å²) < 4.78 is 5.61. The molecule has 0 aliphatic carbocycles. The van der Waals surface area contributed by atoms with Crippen molar-refractivity contribution in [2.45, 2.75) is 69.5 Å². The Morgan fingerprint density at radius 1 is 1.10 bits per heavy atom. The first-order valence-corrected chi connectivity index (χ1v) is 10.7. The van der Waals surface area contributed by atoms with Crippen LogP contribution < -0.4 is 5.32 Å². The second-order valence-electron chi connectivity index (χ2n) is 8.60. The maximum Gasteiger partial charge on any atom is 0.249 e. The van der Waals surface area contributed by atoms with Gasteiger partial charge in [0, 0.05) is 30.6 Å². The lowest BCUT2D eigenvalue weighted by Crippen LogP contribution is -2.42. The molecular formula is C22H29ClN4O2. The summed E-state index contributed by atoms with van der Waals surface area (Å²) in [5.74, 6) is 1.95. The standard InChI is InChI=1S/C22H28N4O2.ClH/c27-20(14-15-12-17-9-10-18(13-15)23-17)26-11-5-4-8-19(26)22-24-21(25-28-22)16-6-2-1-3-7-16;/h1-3,6-7,15,17-19,23H,4-5,8-14H2;1H. The monoisotopic (exact) mass is 416 g/mol. The first-order valence-electron chi connectivity index (χ1n) is 10.7. The molecule has 3 aliphatic rings. The summed E-state index contributed by atoms with van der Waals surface area (Å²) in [4.78, 5) is 19.8. The molecule has 156 valence electrons. The first kappa shape index (κ1) is 20.4. The lowest BCUT2D eigenvalue weighted by molar-refractivity contribution is -0.137. The molecule has 3 fully saturated rings. The van der Waals surface area contributed by atoms with Gasteiger partial charge in [0.25, 0.3) is 0 Å². The van der Waals surface area contributed by atoms with Gasteiger partial charge in [0.05, 0.1) is 0 Å². The Hall–Kier alpha value is -1.92. The third kappa shape index (κ3) is 4.33. The predicted molar refractivity (Wildman–Crippen MR) is 113 cm³/mol. The molecule has 6 nitrogen and oxygen atoms in total. The highest BCUT2D eigenvalue weighted by Crippen LogP contribution is 2.36. The van der Waals surface area contributed by atoms with Crippen LogP contribution in [0.25, 0.3) is 11.4 Å². The summed E-state index contributed by atoms with van der Waals surface area (Å²) in [5.41, 5.74) is 0.941. The smallest absolute Gasteiger partial charge is 0.249 e. The number of benzene rings is 1. The van der Waals surface area contributed by atoms with E-state index in [4.69, 9.17) is 4.52 Å². The van der Waals surface area contributed by atoms with E-state index < -0.39 is 0 Å². The van der Waals surface area contributed by atoms with Gasteiger partial charge in [0.2, 0.25) is 17.6 Å². The van der Waals surface area contributed by atoms with Gasteiger partial charge in [-0.2, -0.15) is 4.98 Å². The highest BCUT2D eigenvalue weighted by molar-refractivity contribution is 5.85. The minimum Gasteiger partial charge on any atom is -0.337 e. The van der Waals surface area contributed by atoms with E-state index in [9.17, 15) is 4.79 Å². The molecule has 2 bridgehead atoms. The number of nitrogens with one attached hydrogen (secondary N) is 1. The van der Waals surface area contributed by atoms with E-state index in [0.717, 1.165) is 44.2 Å². The van der Waals surface area contributed by atoms with Crippen molar-refractivity contribution in [1.29, 1.82) is 0 Å². The van der Waals surface area contributed by atoms with Crippen molar-refractivity contribution in [2.24, 2.45) is 5.92 Å². The van der Waals surface area contributed by atoms with Gasteiger partial charge in [0.1, 0.15) is 6.04 Å². The zero-order valence-corrected chi connectivity index (χ0v) is 17.4. The van der Waals surface area contributed by atoms with Gasteiger partial charge < -0.3 is 14.7 Å². The van der Waals surface area contributed by atoms with E-state index in [-0.39, 0.29) is 24.4 Å². The Morgan fingerprint density at radius 2 is 1.86 bits per heavy atom. The van der Waals surface area contributed by atoms with E-state index in [2.05, 4.69) is 15.5 Å². The minimum absolute atomic E-state index is 0. The summed E-state index contributed by atoms with van der Waals surface area (Å²) in [7, 11) is 0. The third-order valence-electron chi connectivity index (χ3n) is 6.62. The van der Waals surface area contributed by atoms with Crippen LogP contribution in [0.15, 0.2) is 34.9 Å². The zero-order valence-electron chi connectivity index (χ0n) is 16.6. The minimum atomic E-state index is -0.0790. The third-order valence-corrected chi connectivity index (χ3v) is 6.62. The maximum atomic E-state index is 13.2. The number of halogens is 1. The summed E-state index contributed by atoms with van der Waals surface area (Å²) in [5, 5.41) is 7.83. The number of carbonyl (C=O) groups excluding carboxylic acids is 1. The molecule has 3 unspecified atom stereocenters. The van der Waals surface area contributed by atoms with Crippen molar-refractivity contribution in [3.05, 3.63) is 36.2 Å². The van der Waals surface area contributed by atoms with Crippen LogP contribution in [0.2, 0.25) is 0 Å². The number of amides is 1. The van der Waals surface area contributed by atoms with E-state index in [1.165, 1.54) is 12.8 Å².